The van der Waals surface area contributed by atoms with Crippen molar-refractivity contribution < 1.29 is 9.50 Å². The first kappa shape index (κ1) is 11.8. The van der Waals surface area contributed by atoms with Crippen molar-refractivity contribution in [2.75, 3.05) is 11.4 Å². The van der Waals surface area contributed by atoms with E-state index in [1.54, 1.807) is 18.2 Å². The third-order valence-electron chi connectivity index (χ3n) is 4.53. The van der Waals surface area contributed by atoms with E-state index in [1.165, 1.54) is 16.7 Å². The van der Waals surface area contributed by atoms with Crippen molar-refractivity contribution >= 4 is 5.69 Å². The average Bonchev–Trinajstić information content (AvgIpc) is 3.01. The Labute approximate surface area is 117 Å². The van der Waals surface area contributed by atoms with Crippen molar-refractivity contribution in [3.8, 4) is 5.75 Å². The number of aromatic hydroxyl groups is 1. The minimum absolute atomic E-state index is 0.167. The molecule has 2 aromatic rings. The zero-order valence-corrected chi connectivity index (χ0v) is 11.1. The summed E-state index contributed by atoms with van der Waals surface area (Å²) in [6, 6.07) is 11.0. The lowest BCUT2D eigenvalue weighted by atomic mass is 10.1. The Balaban J connectivity index is 1.74. The molecule has 2 nitrogen and oxygen atoms in total. The van der Waals surface area contributed by atoms with Gasteiger partial charge in [-0.2, -0.15) is 0 Å². The van der Waals surface area contributed by atoms with Gasteiger partial charge >= 0.3 is 0 Å². The summed E-state index contributed by atoms with van der Waals surface area (Å²) in [6.07, 6.45) is 3.00. The number of anilines is 1. The molecule has 3 heteroatoms. The first-order valence-electron chi connectivity index (χ1n) is 7.09. The van der Waals surface area contributed by atoms with Gasteiger partial charge in [0, 0.05) is 12.2 Å². The van der Waals surface area contributed by atoms with E-state index in [1.807, 2.05) is 18.2 Å². The van der Waals surface area contributed by atoms with Crippen LogP contribution in [0.4, 0.5) is 10.1 Å². The quantitative estimate of drug-likeness (QED) is 0.855. The fraction of sp³-hybridized carbons (Fsp3) is 0.294. The summed E-state index contributed by atoms with van der Waals surface area (Å²) in [5, 5.41) is 9.58. The van der Waals surface area contributed by atoms with Crippen molar-refractivity contribution in [1.29, 1.82) is 0 Å². The fourth-order valence-electron chi connectivity index (χ4n) is 3.61. The Morgan fingerprint density at radius 2 is 1.95 bits per heavy atom. The summed E-state index contributed by atoms with van der Waals surface area (Å²) in [4.78, 5) is 2.32. The molecule has 2 aromatic carbocycles. The van der Waals surface area contributed by atoms with Gasteiger partial charge in [0.15, 0.2) is 0 Å². The van der Waals surface area contributed by atoms with Crippen LogP contribution in [0.1, 0.15) is 29.2 Å². The van der Waals surface area contributed by atoms with E-state index in [-0.39, 0.29) is 5.82 Å². The van der Waals surface area contributed by atoms with Gasteiger partial charge in [-0.05, 0) is 60.2 Å². The molecule has 1 unspecified atom stereocenters. The van der Waals surface area contributed by atoms with Crippen LogP contribution in [0.5, 0.6) is 5.75 Å². The molecular weight excluding hydrogens is 253 g/mol. The lowest BCUT2D eigenvalue weighted by molar-refractivity contribution is 0.474. The maximum absolute atomic E-state index is 13.5. The van der Waals surface area contributed by atoms with Crippen molar-refractivity contribution in [1.82, 2.24) is 0 Å². The molecule has 0 amide bonds. The maximum Gasteiger partial charge on any atom is 0.125 e. The van der Waals surface area contributed by atoms with Crippen molar-refractivity contribution in [2.45, 2.75) is 25.3 Å². The van der Waals surface area contributed by atoms with E-state index in [0.717, 1.165) is 31.5 Å². The number of benzene rings is 2. The summed E-state index contributed by atoms with van der Waals surface area (Å²) in [5.74, 6) is 0.164. The van der Waals surface area contributed by atoms with Crippen LogP contribution in [0.2, 0.25) is 0 Å². The predicted octanol–water partition coefficient (Wildman–Crippen LogP) is 3.58. The molecule has 0 saturated heterocycles. The Morgan fingerprint density at radius 1 is 1.05 bits per heavy atom. The van der Waals surface area contributed by atoms with Crippen LogP contribution in [0.25, 0.3) is 0 Å². The minimum Gasteiger partial charge on any atom is -0.508 e. The third kappa shape index (κ3) is 1.69. The average molecular weight is 269 g/mol. The van der Waals surface area contributed by atoms with Gasteiger partial charge in [-0.1, -0.05) is 12.1 Å². The van der Waals surface area contributed by atoms with Crippen molar-refractivity contribution in [3.63, 3.8) is 0 Å². The number of aryl methyl sites for hydroxylation is 1. The first-order chi connectivity index (χ1) is 9.72. The molecule has 0 spiro atoms. The molecule has 4 rings (SSSR count). The van der Waals surface area contributed by atoms with Crippen molar-refractivity contribution in [2.24, 2.45) is 0 Å². The first-order valence-corrected chi connectivity index (χ1v) is 7.09. The molecule has 2 aliphatic rings. The van der Waals surface area contributed by atoms with Gasteiger partial charge in [0.05, 0.1) is 6.04 Å². The molecule has 20 heavy (non-hydrogen) atoms. The SMILES string of the molecule is Oc1ccc2c(c1)CCC2N1CCc2ccc(F)cc21. The molecule has 0 fully saturated rings. The number of nitrogens with zero attached hydrogens (tertiary/aromatic N) is 1. The van der Waals surface area contributed by atoms with E-state index < -0.39 is 0 Å². The summed E-state index contributed by atoms with van der Waals surface area (Å²) in [6.45, 7) is 0.948. The summed E-state index contributed by atoms with van der Waals surface area (Å²) in [7, 11) is 0. The highest BCUT2D eigenvalue weighted by atomic mass is 19.1. The highest BCUT2D eigenvalue weighted by Gasteiger charge is 2.32. The Hall–Kier alpha value is -2.03. The lowest BCUT2D eigenvalue weighted by Crippen LogP contribution is -2.25. The molecule has 1 heterocycles. The maximum atomic E-state index is 13.5. The smallest absolute Gasteiger partial charge is 0.125 e. The molecule has 1 atom stereocenters. The van der Waals surface area contributed by atoms with Gasteiger partial charge in [-0.3, -0.25) is 0 Å². The second-order valence-electron chi connectivity index (χ2n) is 5.65. The van der Waals surface area contributed by atoms with E-state index in [2.05, 4.69) is 4.90 Å². The van der Waals surface area contributed by atoms with Gasteiger partial charge < -0.3 is 10.0 Å². The number of phenols is 1. The number of fused-ring (bicyclic) bond motifs is 2. The Morgan fingerprint density at radius 3 is 2.85 bits per heavy atom. The van der Waals surface area contributed by atoms with Gasteiger partial charge in [0.1, 0.15) is 11.6 Å². The standard InChI is InChI=1S/C17H16FNO/c18-13-3-1-11-7-8-19(17(11)10-13)16-6-2-12-9-14(20)4-5-15(12)16/h1,3-5,9-10,16,20H,2,6-8H2. The summed E-state index contributed by atoms with van der Waals surface area (Å²) in [5.41, 5.74) is 4.77. The van der Waals surface area contributed by atoms with E-state index in [4.69, 9.17) is 0 Å². The number of hydrogen-bond acceptors (Lipinski definition) is 2. The van der Waals surface area contributed by atoms with Gasteiger partial charge in [0.25, 0.3) is 0 Å². The molecule has 1 aliphatic heterocycles. The van der Waals surface area contributed by atoms with E-state index in [9.17, 15) is 9.50 Å². The number of phenolic OH excluding ortho intramolecular Hbond substituents is 1. The number of halogens is 1. The van der Waals surface area contributed by atoms with Gasteiger partial charge in [-0.15, -0.1) is 0 Å². The zero-order valence-electron chi connectivity index (χ0n) is 11.1. The van der Waals surface area contributed by atoms with E-state index in [0.29, 0.717) is 11.8 Å². The van der Waals surface area contributed by atoms with Gasteiger partial charge in [-0.25, -0.2) is 4.39 Å². The second-order valence-corrected chi connectivity index (χ2v) is 5.65. The highest BCUT2D eigenvalue weighted by molar-refractivity contribution is 5.61. The van der Waals surface area contributed by atoms with Crippen LogP contribution in [-0.4, -0.2) is 11.7 Å². The van der Waals surface area contributed by atoms with Crippen LogP contribution in [-0.2, 0) is 12.8 Å². The molecule has 102 valence electrons. The van der Waals surface area contributed by atoms with E-state index >= 15 is 0 Å². The van der Waals surface area contributed by atoms with Crippen LogP contribution < -0.4 is 4.90 Å². The molecule has 0 bridgehead atoms. The van der Waals surface area contributed by atoms with Crippen LogP contribution in [0.15, 0.2) is 36.4 Å². The van der Waals surface area contributed by atoms with Gasteiger partial charge in [0.2, 0.25) is 0 Å². The molecule has 1 aliphatic carbocycles. The number of hydrogen-bond donors (Lipinski definition) is 1. The Bertz CT molecular complexity index is 683. The molecular formula is C17H16FNO. The minimum atomic E-state index is -0.167. The summed E-state index contributed by atoms with van der Waals surface area (Å²) < 4.78 is 13.5. The lowest BCUT2D eigenvalue weighted by Gasteiger charge is -2.28. The fourth-order valence-corrected chi connectivity index (χ4v) is 3.61. The highest BCUT2D eigenvalue weighted by Crippen LogP contribution is 2.43. The topological polar surface area (TPSA) is 23.5 Å². The largest absolute Gasteiger partial charge is 0.508 e. The van der Waals surface area contributed by atoms with Crippen LogP contribution in [0.3, 0.4) is 0 Å². The third-order valence-corrected chi connectivity index (χ3v) is 4.53. The Kier molecular flexibility index (Phi) is 2.49. The van der Waals surface area contributed by atoms with Crippen LogP contribution >= 0.6 is 0 Å². The molecule has 0 aromatic heterocycles. The normalized spacial score (nSPS) is 20.1. The van der Waals surface area contributed by atoms with Crippen molar-refractivity contribution in [3.05, 3.63) is 58.9 Å². The second kappa shape index (κ2) is 4.23. The molecule has 0 radical (unpaired) electrons. The summed E-state index contributed by atoms with van der Waals surface area (Å²) >= 11 is 0. The molecule has 1 N–H and O–H groups in total. The monoisotopic (exact) mass is 269 g/mol. The number of rotatable bonds is 1. The molecule has 0 saturated carbocycles. The predicted molar refractivity (Wildman–Crippen MR) is 76.6 cm³/mol. The van der Waals surface area contributed by atoms with Crippen LogP contribution in [0, 0.1) is 5.82 Å². The zero-order chi connectivity index (χ0) is 13.7.